The van der Waals surface area contributed by atoms with Crippen LogP contribution in [-0.4, -0.2) is 52.4 Å². The molecule has 2 rings (SSSR count). The van der Waals surface area contributed by atoms with E-state index in [9.17, 15) is 20.3 Å². The minimum absolute atomic E-state index is 0. The van der Waals surface area contributed by atoms with Gasteiger partial charge in [0.05, 0.1) is 11.5 Å². The highest BCUT2D eigenvalue weighted by Crippen LogP contribution is 2.34. The fourth-order valence-electron chi connectivity index (χ4n) is 1.65. The third-order valence-electron chi connectivity index (χ3n) is 2.38. The molecule has 0 amide bonds. The molecule has 0 spiro atoms. The zero-order valence-corrected chi connectivity index (χ0v) is 7.03. The number of hydrogen-bond donors (Lipinski definition) is 2. The Morgan fingerprint density at radius 2 is 2.14 bits per heavy atom. The Balaban J connectivity index is 0.000000980. The molecule has 0 aromatic rings. The predicted octanol–water partition coefficient (Wildman–Crippen LogP) is -1.74. The van der Waals surface area contributed by atoms with Crippen LogP contribution < -0.4 is 0 Å². The SMILES string of the molecule is F.O=[N+]([O-])[C@]1(O)CO[C@@H]2[C@@H](O)CO[C@@H]21. The minimum atomic E-state index is -2.21. The van der Waals surface area contributed by atoms with Gasteiger partial charge in [0, 0.05) is 0 Å². The number of aliphatic hydroxyl groups is 2. The fraction of sp³-hybridized carbons (Fsp3) is 1.00. The van der Waals surface area contributed by atoms with E-state index in [0.29, 0.717) is 0 Å². The van der Waals surface area contributed by atoms with Gasteiger partial charge in [0.2, 0.25) is 0 Å². The van der Waals surface area contributed by atoms with Crippen molar-refractivity contribution < 1.29 is 29.3 Å². The molecule has 2 aliphatic heterocycles. The first kappa shape index (κ1) is 11.2. The van der Waals surface area contributed by atoms with Gasteiger partial charge in [0.25, 0.3) is 0 Å². The highest BCUT2D eigenvalue weighted by atomic mass is 19.0. The first-order valence-corrected chi connectivity index (χ1v) is 3.84. The molecule has 2 saturated heterocycles. The van der Waals surface area contributed by atoms with Gasteiger partial charge in [-0.05, 0) is 0 Å². The number of fused-ring (bicyclic) bond motifs is 1. The van der Waals surface area contributed by atoms with Crippen LogP contribution in [0.2, 0.25) is 0 Å². The molecule has 2 fully saturated rings. The van der Waals surface area contributed by atoms with Gasteiger partial charge in [-0.15, -0.1) is 0 Å². The summed E-state index contributed by atoms with van der Waals surface area (Å²) in [4.78, 5) is 9.65. The third-order valence-corrected chi connectivity index (χ3v) is 2.38. The maximum absolute atomic E-state index is 10.5. The zero-order chi connectivity index (χ0) is 9.64. The second kappa shape index (κ2) is 3.39. The third kappa shape index (κ3) is 1.27. The van der Waals surface area contributed by atoms with Gasteiger partial charge >= 0.3 is 5.72 Å². The summed E-state index contributed by atoms with van der Waals surface area (Å²) in [5, 5.41) is 29.2. The lowest BCUT2D eigenvalue weighted by atomic mass is 10.1. The largest absolute Gasteiger partial charge is 0.388 e. The van der Waals surface area contributed by atoms with E-state index in [2.05, 4.69) is 0 Å². The monoisotopic (exact) mass is 211 g/mol. The summed E-state index contributed by atoms with van der Waals surface area (Å²) in [5.41, 5.74) is -2.21. The molecule has 4 atom stereocenters. The minimum Gasteiger partial charge on any atom is -0.388 e. The summed E-state index contributed by atoms with van der Waals surface area (Å²) in [6.45, 7) is -0.474. The Labute approximate surface area is 77.7 Å². The molecule has 0 aromatic carbocycles. The van der Waals surface area contributed by atoms with E-state index in [1.165, 1.54) is 0 Å². The molecule has 0 saturated carbocycles. The molecule has 2 aliphatic rings. The lowest BCUT2D eigenvalue weighted by molar-refractivity contribution is -0.631. The molecule has 0 radical (unpaired) electrons. The second-order valence-corrected chi connectivity index (χ2v) is 3.23. The maximum atomic E-state index is 10.5. The maximum Gasteiger partial charge on any atom is 0.374 e. The van der Waals surface area contributed by atoms with E-state index in [0.717, 1.165) is 0 Å². The summed E-state index contributed by atoms with van der Waals surface area (Å²) in [5.74, 6) is 0. The van der Waals surface area contributed by atoms with Gasteiger partial charge in [-0.2, -0.15) is 0 Å². The normalized spacial score (nSPS) is 45.7. The lowest BCUT2D eigenvalue weighted by Gasteiger charge is -2.16. The standard InChI is InChI=1S/C6H9NO6.FH/c8-3-1-12-5-4(3)13-2-6(5,9)7(10)11;/h3-5,8-9H,1-2H2;1H/t3-,4+,5-,6-;/m0./s1. The van der Waals surface area contributed by atoms with Crippen LogP contribution in [-0.2, 0) is 9.47 Å². The van der Waals surface area contributed by atoms with Crippen LogP contribution in [0.15, 0.2) is 0 Å². The Bertz CT molecular complexity index is 250. The summed E-state index contributed by atoms with van der Waals surface area (Å²) in [6.07, 6.45) is -2.73. The molecule has 82 valence electrons. The average molecular weight is 211 g/mol. The van der Waals surface area contributed by atoms with Gasteiger partial charge in [-0.25, -0.2) is 0 Å². The van der Waals surface area contributed by atoms with Crippen molar-refractivity contribution in [2.24, 2.45) is 0 Å². The van der Waals surface area contributed by atoms with Gasteiger partial charge in [0.1, 0.15) is 18.8 Å². The first-order chi connectivity index (χ1) is 6.05. The van der Waals surface area contributed by atoms with Crippen LogP contribution in [0.25, 0.3) is 0 Å². The van der Waals surface area contributed by atoms with E-state index >= 15 is 0 Å². The molecule has 0 aliphatic carbocycles. The number of rotatable bonds is 1. The van der Waals surface area contributed by atoms with E-state index in [1.807, 2.05) is 0 Å². The van der Waals surface area contributed by atoms with Crippen molar-refractivity contribution in [3.63, 3.8) is 0 Å². The molecule has 7 nitrogen and oxygen atoms in total. The molecule has 14 heavy (non-hydrogen) atoms. The summed E-state index contributed by atoms with van der Waals surface area (Å²) < 4.78 is 9.80. The van der Waals surface area contributed by atoms with Crippen LogP contribution >= 0.6 is 0 Å². The van der Waals surface area contributed by atoms with Crippen molar-refractivity contribution in [1.82, 2.24) is 0 Å². The van der Waals surface area contributed by atoms with Crippen LogP contribution in [0.4, 0.5) is 4.70 Å². The van der Waals surface area contributed by atoms with Gasteiger partial charge in [-0.1, -0.05) is 0 Å². The number of hydrogen-bond acceptors (Lipinski definition) is 6. The first-order valence-electron chi connectivity index (χ1n) is 3.84. The zero-order valence-electron chi connectivity index (χ0n) is 7.03. The smallest absolute Gasteiger partial charge is 0.374 e. The number of aliphatic hydroxyl groups excluding tert-OH is 1. The number of nitro groups is 1. The highest BCUT2D eigenvalue weighted by Gasteiger charge is 2.64. The van der Waals surface area contributed by atoms with Crippen LogP contribution in [0, 0.1) is 10.1 Å². The van der Waals surface area contributed by atoms with E-state index in [-0.39, 0.29) is 11.3 Å². The van der Waals surface area contributed by atoms with Gasteiger partial charge in [0.15, 0.2) is 6.10 Å². The van der Waals surface area contributed by atoms with Crippen molar-refractivity contribution in [2.75, 3.05) is 13.2 Å². The Hall–Kier alpha value is -0.830. The lowest BCUT2D eigenvalue weighted by Crippen LogP contribution is -2.50. The summed E-state index contributed by atoms with van der Waals surface area (Å²) >= 11 is 0. The number of ether oxygens (including phenoxy) is 2. The summed E-state index contributed by atoms with van der Waals surface area (Å²) in [6, 6.07) is 0. The molecule has 2 N–H and O–H groups in total. The molecule has 0 unspecified atom stereocenters. The van der Waals surface area contributed by atoms with E-state index in [1.54, 1.807) is 0 Å². The Morgan fingerprint density at radius 3 is 2.71 bits per heavy atom. The van der Waals surface area contributed by atoms with Crippen molar-refractivity contribution in [1.29, 1.82) is 0 Å². The molecular formula is C6H10FNO6. The fourth-order valence-corrected chi connectivity index (χ4v) is 1.65. The molecule has 0 aromatic heterocycles. The summed E-state index contributed by atoms with van der Waals surface area (Å²) in [7, 11) is 0. The van der Waals surface area contributed by atoms with Crippen molar-refractivity contribution >= 4 is 0 Å². The van der Waals surface area contributed by atoms with Crippen molar-refractivity contribution in [3.05, 3.63) is 10.1 Å². The Morgan fingerprint density at radius 1 is 1.50 bits per heavy atom. The molecule has 8 heteroatoms. The average Bonchev–Trinajstić information content (AvgIpc) is 2.57. The van der Waals surface area contributed by atoms with Gasteiger partial charge < -0.3 is 19.7 Å². The van der Waals surface area contributed by atoms with E-state index < -0.39 is 35.6 Å². The van der Waals surface area contributed by atoms with Crippen molar-refractivity contribution in [3.8, 4) is 0 Å². The molecular weight excluding hydrogens is 201 g/mol. The van der Waals surface area contributed by atoms with Crippen molar-refractivity contribution in [2.45, 2.75) is 24.0 Å². The highest BCUT2D eigenvalue weighted by molar-refractivity contribution is 4.98. The quantitative estimate of drug-likeness (QED) is 0.303. The van der Waals surface area contributed by atoms with Crippen LogP contribution in [0.3, 0.4) is 0 Å². The predicted molar refractivity (Wildman–Crippen MR) is 39.9 cm³/mol. The number of halogens is 1. The Kier molecular flexibility index (Phi) is 2.72. The van der Waals surface area contributed by atoms with Gasteiger partial charge in [-0.3, -0.25) is 14.8 Å². The number of nitrogens with zero attached hydrogens (tertiary/aromatic N) is 1. The van der Waals surface area contributed by atoms with Crippen LogP contribution in [0.5, 0.6) is 0 Å². The molecule has 2 heterocycles. The van der Waals surface area contributed by atoms with E-state index in [4.69, 9.17) is 9.47 Å². The topological polar surface area (TPSA) is 102 Å². The second-order valence-electron chi connectivity index (χ2n) is 3.23. The van der Waals surface area contributed by atoms with Crippen LogP contribution in [0.1, 0.15) is 0 Å². The molecule has 0 bridgehead atoms.